The summed E-state index contributed by atoms with van der Waals surface area (Å²) in [5.74, 6) is 1.32. The van der Waals surface area contributed by atoms with Gasteiger partial charge in [0.05, 0.1) is 12.6 Å². The molecule has 0 bridgehead atoms. The van der Waals surface area contributed by atoms with Crippen LogP contribution in [0.3, 0.4) is 0 Å². The van der Waals surface area contributed by atoms with E-state index in [-0.39, 0.29) is 23.8 Å². The number of nitrogens with one attached hydrogen (secondary N) is 2. The van der Waals surface area contributed by atoms with Crippen molar-refractivity contribution in [2.75, 3.05) is 6.54 Å². The molecule has 1 atom stereocenters. The van der Waals surface area contributed by atoms with E-state index in [9.17, 15) is 4.79 Å². The number of hydrogen-bond acceptors (Lipinski definition) is 6. The molecular formula is C14H18N6O2. The number of likely N-dealkylation sites (tertiary alicyclic amines) is 1. The monoisotopic (exact) mass is 302 g/mol. The Morgan fingerprint density at radius 3 is 3.14 bits per heavy atom. The number of H-pyrrole nitrogens is 1. The highest BCUT2D eigenvalue weighted by atomic mass is 16.5. The Kier molecular flexibility index (Phi) is 3.38. The summed E-state index contributed by atoms with van der Waals surface area (Å²) in [7, 11) is 0. The standard InChI is InChI=1S/C14H18N6O2/c21-13(17-9-3-4-9)12-18-14(22-19-12)10-2-1-7-20(10)8-11-15-5-6-16-11/h5-6,9-10H,1-4,7-8H2,(H,15,16)(H,17,21). The van der Waals surface area contributed by atoms with Crippen LogP contribution in [-0.4, -0.2) is 43.5 Å². The summed E-state index contributed by atoms with van der Waals surface area (Å²) in [5.41, 5.74) is 0. The summed E-state index contributed by atoms with van der Waals surface area (Å²) in [6.45, 7) is 1.67. The normalized spacial score (nSPS) is 22.1. The van der Waals surface area contributed by atoms with Crippen molar-refractivity contribution in [2.45, 2.75) is 44.3 Å². The molecular weight excluding hydrogens is 284 g/mol. The van der Waals surface area contributed by atoms with Crippen LogP contribution in [0.2, 0.25) is 0 Å². The number of rotatable bonds is 5. The van der Waals surface area contributed by atoms with Crippen molar-refractivity contribution in [1.29, 1.82) is 0 Å². The Labute approximate surface area is 127 Å². The molecule has 1 aliphatic heterocycles. The van der Waals surface area contributed by atoms with E-state index < -0.39 is 0 Å². The van der Waals surface area contributed by atoms with Crippen molar-refractivity contribution in [3.05, 3.63) is 29.9 Å². The fourth-order valence-electron chi connectivity index (χ4n) is 2.81. The van der Waals surface area contributed by atoms with Gasteiger partial charge in [0.25, 0.3) is 11.7 Å². The Morgan fingerprint density at radius 2 is 2.36 bits per heavy atom. The van der Waals surface area contributed by atoms with Gasteiger partial charge in [-0.05, 0) is 32.2 Å². The molecule has 116 valence electrons. The molecule has 4 rings (SSSR count). The highest BCUT2D eigenvalue weighted by Gasteiger charge is 2.32. The van der Waals surface area contributed by atoms with Crippen molar-refractivity contribution in [3.8, 4) is 0 Å². The minimum absolute atomic E-state index is 0.0556. The second-order valence-corrected chi connectivity index (χ2v) is 5.87. The van der Waals surface area contributed by atoms with Gasteiger partial charge in [-0.15, -0.1) is 0 Å². The Balaban J connectivity index is 1.45. The molecule has 2 N–H and O–H groups in total. The number of aromatic amines is 1. The van der Waals surface area contributed by atoms with Crippen LogP contribution in [-0.2, 0) is 6.54 Å². The van der Waals surface area contributed by atoms with Crippen LogP contribution in [0.25, 0.3) is 0 Å². The fraction of sp³-hybridized carbons (Fsp3) is 0.571. The van der Waals surface area contributed by atoms with Gasteiger partial charge < -0.3 is 14.8 Å². The number of nitrogens with zero attached hydrogens (tertiary/aromatic N) is 4. The summed E-state index contributed by atoms with van der Waals surface area (Å²) in [6.07, 6.45) is 7.65. The third-order valence-electron chi connectivity index (χ3n) is 4.11. The number of amides is 1. The minimum atomic E-state index is -0.243. The van der Waals surface area contributed by atoms with E-state index in [0.717, 1.165) is 38.1 Å². The average molecular weight is 302 g/mol. The lowest BCUT2D eigenvalue weighted by Crippen LogP contribution is -2.27. The van der Waals surface area contributed by atoms with E-state index in [2.05, 4.69) is 30.3 Å². The van der Waals surface area contributed by atoms with Crippen LogP contribution < -0.4 is 5.32 Å². The van der Waals surface area contributed by atoms with Gasteiger partial charge in [0.2, 0.25) is 5.89 Å². The fourth-order valence-corrected chi connectivity index (χ4v) is 2.81. The van der Waals surface area contributed by atoms with Crippen molar-refractivity contribution >= 4 is 5.91 Å². The van der Waals surface area contributed by atoms with Crippen LogP contribution in [0, 0.1) is 0 Å². The van der Waals surface area contributed by atoms with E-state index in [1.807, 2.05) is 6.20 Å². The maximum atomic E-state index is 11.9. The lowest BCUT2D eigenvalue weighted by molar-refractivity contribution is 0.0937. The topological polar surface area (TPSA) is 99.9 Å². The van der Waals surface area contributed by atoms with Crippen LogP contribution >= 0.6 is 0 Å². The van der Waals surface area contributed by atoms with Gasteiger partial charge in [-0.1, -0.05) is 5.16 Å². The van der Waals surface area contributed by atoms with E-state index >= 15 is 0 Å². The molecule has 2 fully saturated rings. The van der Waals surface area contributed by atoms with Gasteiger partial charge in [0.15, 0.2) is 0 Å². The molecule has 8 nitrogen and oxygen atoms in total. The maximum absolute atomic E-state index is 11.9. The van der Waals surface area contributed by atoms with E-state index in [1.54, 1.807) is 6.20 Å². The lowest BCUT2D eigenvalue weighted by atomic mass is 10.2. The average Bonchev–Trinajstić information content (AvgIpc) is 2.98. The Bertz CT molecular complexity index is 648. The zero-order valence-electron chi connectivity index (χ0n) is 12.2. The van der Waals surface area contributed by atoms with Crippen LogP contribution in [0.1, 0.15) is 54.1 Å². The van der Waals surface area contributed by atoms with Gasteiger partial charge in [-0.3, -0.25) is 9.69 Å². The molecule has 2 aliphatic rings. The molecule has 1 aliphatic carbocycles. The summed E-state index contributed by atoms with van der Waals surface area (Å²) >= 11 is 0. The number of carbonyl (C=O) groups is 1. The summed E-state index contributed by atoms with van der Waals surface area (Å²) in [6, 6.07) is 0.344. The van der Waals surface area contributed by atoms with Gasteiger partial charge in [-0.2, -0.15) is 4.98 Å². The van der Waals surface area contributed by atoms with Gasteiger partial charge >= 0.3 is 0 Å². The molecule has 1 saturated carbocycles. The van der Waals surface area contributed by atoms with Gasteiger partial charge in [-0.25, -0.2) is 4.98 Å². The third kappa shape index (κ3) is 2.74. The Morgan fingerprint density at radius 1 is 1.45 bits per heavy atom. The van der Waals surface area contributed by atoms with Crippen molar-refractivity contribution in [2.24, 2.45) is 0 Å². The molecule has 2 aromatic rings. The molecule has 1 amide bonds. The number of aromatic nitrogens is 4. The summed E-state index contributed by atoms with van der Waals surface area (Å²) in [5, 5.41) is 6.69. The summed E-state index contributed by atoms with van der Waals surface area (Å²) < 4.78 is 5.33. The second-order valence-electron chi connectivity index (χ2n) is 5.87. The van der Waals surface area contributed by atoms with E-state index in [4.69, 9.17) is 4.52 Å². The van der Waals surface area contributed by atoms with E-state index in [0.29, 0.717) is 12.4 Å². The second kappa shape index (κ2) is 5.53. The predicted molar refractivity (Wildman–Crippen MR) is 75.8 cm³/mol. The number of imidazole rings is 1. The quantitative estimate of drug-likeness (QED) is 0.855. The molecule has 2 aromatic heterocycles. The SMILES string of the molecule is O=C(NC1CC1)c1noc(C2CCCN2Cc2ncc[nH]2)n1. The Hall–Kier alpha value is -2.22. The van der Waals surface area contributed by atoms with Crippen molar-refractivity contribution in [1.82, 2.24) is 30.3 Å². The molecule has 1 saturated heterocycles. The zero-order chi connectivity index (χ0) is 14.9. The van der Waals surface area contributed by atoms with Crippen molar-refractivity contribution < 1.29 is 9.32 Å². The molecule has 0 spiro atoms. The number of hydrogen-bond donors (Lipinski definition) is 2. The predicted octanol–water partition coefficient (Wildman–Crippen LogP) is 1.02. The van der Waals surface area contributed by atoms with Crippen molar-refractivity contribution in [3.63, 3.8) is 0 Å². The van der Waals surface area contributed by atoms with Crippen LogP contribution in [0.4, 0.5) is 0 Å². The third-order valence-corrected chi connectivity index (χ3v) is 4.11. The maximum Gasteiger partial charge on any atom is 0.292 e. The first-order chi connectivity index (χ1) is 10.8. The summed E-state index contributed by atoms with van der Waals surface area (Å²) in [4.78, 5) is 25.8. The van der Waals surface area contributed by atoms with Gasteiger partial charge in [0, 0.05) is 18.4 Å². The largest absolute Gasteiger partial charge is 0.348 e. The first-order valence-electron chi connectivity index (χ1n) is 7.66. The first-order valence-corrected chi connectivity index (χ1v) is 7.66. The van der Waals surface area contributed by atoms with E-state index in [1.165, 1.54) is 0 Å². The molecule has 3 heterocycles. The highest BCUT2D eigenvalue weighted by Crippen LogP contribution is 2.31. The zero-order valence-corrected chi connectivity index (χ0v) is 12.2. The molecule has 8 heteroatoms. The minimum Gasteiger partial charge on any atom is -0.348 e. The lowest BCUT2D eigenvalue weighted by Gasteiger charge is -2.19. The highest BCUT2D eigenvalue weighted by molar-refractivity contribution is 5.90. The molecule has 1 unspecified atom stereocenters. The van der Waals surface area contributed by atoms with Gasteiger partial charge in [0.1, 0.15) is 5.82 Å². The van der Waals surface area contributed by atoms with Crippen LogP contribution in [0.5, 0.6) is 0 Å². The molecule has 22 heavy (non-hydrogen) atoms. The van der Waals surface area contributed by atoms with Crippen LogP contribution in [0.15, 0.2) is 16.9 Å². The smallest absolute Gasteiger partial charge is 0.292 e. The molecule has 0 aromatic carbocycles. The number of carbonyl (C=O) groups excluding carboxylic acids is 1. The first kappa shape index (κ1) is 13.4. The molecule has 0 radical (unpaired) electrons.